The number of carboxylic acid groups (broad SMARTS) is 1. The fourth-order valence-electron chi connectivity index (χ4n) is 1.24. The Morgan fingerprint density at radius 2 is 2.11 bits per heavy atom. The second-order valence-corrected chi connectivity index (χ2v) is 6.23. The molecule has 0 aromatic heterocycles. The molecule has 0 aliphatic rings. The molecule has 1 aromatic rings. The van der Waals surface area contributed by atoms with E-state index in [1.807, 2.05) is 0 Å². The van der Waals surface area contributed by atoms with E-state index in [9.17, 15) is 13.2 Å². The average Bonchev–Trinajstić information content (AvgIpc) is 2.36. The first-order valence-electron chi connectivity index (χ1n) is 5.41. The summed E-state index contributed by atoms with van der Waals surface area (Å²) in [4.78, 5) is 10.5. The maximum Gasteiger partial charge on any atom is 0.335 e. The molecule has 0 heterocycles. The third kappa shape index (κ3) is 4.17. The molecule has 8 heteroatoms. The van der Waals surface area contributed by atoms with Crippen molar-refractivity contribution in [1.82, 2.24) is 4.72 Å². The van der Waals surface area contributed by atoms with Gasteiger partial charge in [-0.05, 0) is 24.1 Å². The molecule has 1 atom stereocenters. The highest BCUT2D eigenvalue weighted by Gasteiger charge is 2.20. The minimum atomic E-state index is -3.91. The van der Waals surface area contributed by atoms with Crippen molar-refractivity contribution in [1.29, 1.82) is 0 Å². The largest absolute Gasteiger partial charge is 0.478 e. The first-order valence-corrected chi connectivity index (χ1v) is 7.27. The Balaban J connectivity index is 3.06. The minimum Gasteiger partial charge on any atom is -0.478 e. The Bertz CT molecular complexity index is 572. The molecule has 1 rings (SSSR count). The molecule has 0 bridgehead atoms. The van der Waals surface area contributed by atoms with Gasteiger partial charge in [0.1, 0.15) is 4.90 Å². The molecule has 1 unspecified atom stereocenters. The molecule has 0 amide bonds. The summed E-state index contributed by atoms with van der Waals surface area (Å²) in [6.45, 7) is 1.54. The van der Waals surface area contributed by atoms with Crippen LogP contribution in [0.4, 0.5) is 0 Å². The zero-order valence-corrected chi connectivity index (χ0v) is 11.7. The lowest BCUT2D eigenvalue weighted by Gasteiger charge is -2.11. The second kappa shape index (κ2) is 6.33. The molecule has 1 aromatic carbocycles. The Labute approximate surface area is 116 Å². The Kier molecular flexibility index (Phi) is 5.30. The van der Waals surface area contributed by atoms with Gasteiger partial charge in [0.25, 0.3) is 0 Å². The fourth-order valence-corrected chi connectivity index (χ4v) is 2.93. The zero-order chi connectivity index (χ0) is 14.6. The molecular formula is C11H14ClNO5S. The first-order chi connectivity index (χ1) is 8.77. The summed E-state index contributed by atoms with van der Waals surface area (Å²) in [5.74, 6) is -1.49. The summed E-state index contributed by atoms with van der Waals surface area (Å²) in [6, 6.07) is 3.44. The van der Waals surface area contributed by atoms with Crippen molar-refractivity contribution >= 4 is 27.6 Å². The van der Waals surface area contributed by atoms with E-state index < -0.39 is 16.0 Å². The first kappa shape index (κ1) is 15.9. The molecule has 0 aliphatic heterocycles. The maximum atomic E-state index is 12.0. The quantitative estimate of drug-likeness (QED) is 0.726. The second-order valence-electron chi connectivity index (χ2n) is 4.09. The van der Waals surface area contributed by atoms with Gasteiger partial charge in [-0.2, -0.15) is 0 Å². The minimum absolute atomic E-state index is 0.0342. The van der Waals surface area contributed by atoms with Crippen LogP contribution in [0.5, 0.6) is 0 Å². The number of carbonyl (C=O) groups is 1. The predicted molar refractivity (Wildman–Crippen MR) is 69.8 cm³/mol. The molecule has 0 radical (unpaired) electrons. The van der Waals surface area contributed by atoms with Crippen LogP contribution in [0.15, 0.2) is 23.1 Å². The third-order valence-corrected chi connectivity index (χ3v) is 4.31. The zero-order valence-electron chi connectivity index (χ0n) is 10.1. The summed E-state index contributed by atoms with van der Waals surface area (Å²) in [7, 11) is -3.91. The van der Waals surface area contributed by atoms with Crippen molar-refractivity contribution in [2.75, 3.05) is 13.2 Å². The van der Waals surface area contributed by atoms with Gasteiger partial charge in [-0.25, -0.2) is 17.9 Å². The van der Waals surface area contributed by atoms with Crippen molar-refractivity contribution < 1.29 is 23.4 Å². The number of sulfonamides is 1. The number of aromatic carboxylic acids is 1. The van der Waals surface area contributed by atoms with Crippen LogP contribution < -0.4 is 4.72 Å². The van der Waals surface area contributed by atoms with E-state index >= 15 is 0 Å². The highest BCUT2D eigenvalue weighted by molar-refractivity contribution is 7.89. The van der Waals surface area contributed by atoms with Gasteiger partial charge in [-0.15, -0.1) is 0 Å². The monoisotopic (exact) mass is 307 g/mol. The van der Waals surface area contributed by atoms with E-state index in [4.69, 9.17) is 21.8 Å². The Morgan fingerprint density at radius 1 is 1.47 bits per heavy atom. The third-order valence-electron chi connectivity index (χ3n) is 2.40. The summed E-state index contributed by atoms with van der Waals surface area (Å²) < 4.78 is 26.2. The van der Waals surface area contributed by atoms with Crippen LogP contribution in [0.25, 0.3) is 0 Å². The van der Waals surface area contributed by atoms with Crippen LogP contribution in [-0.4, -0.2) is 37.8 Å². The molecule has 0 aliphatic carbocycles. The number of aliphatic hydroxyl groups excluding tert-OH is 1. The van der Waals surface area contributed by atoms with Gasteiger partial charge in [0.15, 0.2) is 0 Å². The van der Waals surface area contributed by atoms with E-state index in [2.05, 4.69) is 4.72 Å². The number of hydrogen-bond donors (Lipinski definition) is 3. The molecule has 6 nitrogen and oxygen atoms in total. The van der Waals surface area contributed by atoms with Crippen molar-refractivity contribution in [2.45, 2.75) is 11.8 Å². The van der Waals surface area contributed by atoms with Gasteiger partial charge >= 0.3 is 5.97 Å². The van der Waals surface area contributed by atoms with Gasteiger partial charge in [0.05, 0.1) is 10.6 Å². The van der Waals surface area contributed by atoms with Crippen molar-refractivity contribution in [2.24, 2.45) is 5.92 Å². The van der Waals surface area contributed by atoms with Gasteiger partial charge < -0.3 is 10.2 Å². The molecule has 106 valence electrons. The van der Waals surface area contributed by atoms with E-state index in [-0.39, 0.29) is 34.6 Å². The van der Waals surface area contributed by atoms with Crippen LogP contribution in [0.3, 0.4) is 0 Å². The van der Waals surface area contributed by atoms with Crippen molar-refractivity contribution in [3.05, 3.63) is 28.8 Å². The van der Waals surface area contributed by atoms with Crippen LogP contribution in [-0.2, 0) is 10.0 Å². The number of halogens is 1. The summed E-state index contributed by atoms with van der Waals surface area (Å²) in [5, 5.41) is 17.6. The lowest BCUT2D eigenvalue weighted by molar-refractivity contribution is 0.0696. The van der Waals surface area contributed by atoms with Crippen molar-refractivity contribution in [3.63, 3.8) is 0 Å². The number of rotatable bonds is 6. The van der Waals surface area contributed by atoms with Gasteiger partial charge in [-0.3, -0.25) is 0 Å². The standard InChI is InChI=1S/C11H14ClNO5S/c1-7(6-14)5-13-19(17,18)10-4-8(11(15)16)2-3-9(10)12/h2-4,7,13-14H,5-6H2,1H3,(H,15,16). The van der Waals surface area contributed by atoms with E-state index in [1.165, 1.54) is 12.1 Å². The Hall–Kier alpha value is -1.15. The molecule has 0 fully saturated rings. The highest BCUT2D eigenvalue weighted by Crippen LogP contribution is 2.22. The highest BCUT2D eigenvalue weighted by atomic mass is 35.5. The van der Waals surface area contributed by atoms with Crippen LogP contribution in [0.1, 0.15) is 17.3 Å². The lowest BCUT2D eigenvalue weighted by atomic mass is 10.2. The SMILES string of the molecule is CC(CO)CNS(=O)(=O)c1cc(C(=O)O)ccc1Cl. The van der Waals surface area contributed by atoms with Crippen LogP contribution in [0, 0.1) is 5.92 Å². The van der Waals surface area contributed by atoms with Crippen LogP contribution >= 0.6 is 11.6 Å². The van der Waals surface area contributed by atoms with E-state index in [0.717, 1.165) is 6.07 Å². The number of aliphatic hydroxyl groups is 1. The smallest absolute Gasteiger partial charge is 0.335 e. The fraction of sp³-hybridized carbons (Fsp3) is 0.364. The normalized spacial score (nSPS) is 13.2. The topological polar surface area (TPSA) is 104 Å². The summed E-state index contributed by atoms with van der Waals surface area (Å²) in [5.41, 5.74) is -0.167. The van der Waals surface area contributed by atoms with Gasteiger partial charge in [0.2, 0.25) is 10.0 Å². The van der Waals surface area contributed by atoms with E-state index in [0.29, 0.717) is 0 Å². The van der Waals surface area contributed by atoms with Crippen LogP contribution in [0.2, 0.25) is 5.02 Å². The summed E-state index contributed by atoms with van der Waals surface area (Å²) >= 11 is 5.77. The lowest BCUT2D eigenvalue weighted by Crippen LogP contribution is -2.30. The number of benzene rings is 1. The van der Waals surface area contributed by atoms with Gasteiger partial charge in [0, 0.05) is 13.2 Å². The molecule has 3 N–H and O–H groups in total. The van der Waals surface area contributed by atoms with Gasteiger partial charge in [-0.1, -0.05) is 18.5 Å². The number of nitrogens with one attached hydrogen (secondary N) is 1. The number of hydrogen-bond acceptors (Lipinski definition) is 4. The number of carboxylic acids is 1. The molecule has 19 heavy (non-hydrogen) atoms. The predicted octanol–water partition coefficient (Wildman–Crippen LogP) is 0.945. The maximum absolute atomic E-state index is 12.0. The molecular weight excluding hydrogens is 294 g/mol. The molecule has 0 saturated carbocycles. The molecule has 0 saturated heterocycles. The average molecular weight is 308 g/mol. The van der Waals surface area contributed by atoms with Crippen molar-refractivity contribution in [3.8, 4) is 0 Å². The summed E-state index contributed by atoms with van der Waals surface area (Å²) in [6.07, 6.45) is 0. The molecule has 0 spiro atoms. The van der Waals surface area contributed by atoms with E-state index in [1.54, 1.807) is 6.92 Å². The Morgan fingerprint density at radius 3 is 2.63 bits per heavy atom.